The van der Waals surface area contributed by atoms with Crippen molar-refractivity contribution in [3.8, 4) is 0 Å². The van der Waals surface area contributed by atoms with Crippen molar-refractivity contribution in [1.82, 2.24) is 21.3 Å². The Hall–Kier alpha value is -2.57. The summed E-state index contributed by atoms with van der Waals surface area (Å²) >= 11 is 1.97. The maximum atomic E-state index is 12.3. The Morgan fingerprint density at radius 2 is 0.887 bits per heavy atom. The van der Waals surface area contributed by atoms with Crippen LogP contribution < -0.4 is 21.3 Å². The largest absolute Gasteiger partial charge is 0.481 e. The molecule has 0 fully saturated rings. The monoisotopic (exact) mass is 870 g/mol. The molecule has 0 aromatic rings. The van der Waals surface area contributed by atoms with Gasteiger partial charge in [0, 0.05) is 38.9 Å². The number of amides is 4. The van der Waals surface area contributed by atoms with Gasteiger partial charge in [0.2, 0.25) is 23.6 Å². The first-order valence-electron chi connectivity index (χ1n) is 19.5. The Morgan fingerprint density at radius 3 is 1.36 bits per heavy atom. The molecule has 0 aromatic heterocycles. The fraction of sp³-hybridized carbons (Fsp3) is 0.838. The number of carboxylic acid groups (broad SMARTS) is 2. The zero-order valence-corrected chi connectivity index (χ0v) is 33.9. The number of carboxylic acids is 2. The van der Waals surface area contributed by atoms with Crippen LogP contribution in [-0.4, -0.2) is 116 Å². The molecule has 0 saturated carbocycles. The average molecular weight is 871 g/mol. The number of hydrogen-bond acceptors (Lipinski definition) is 9. The van der Waals surface area contributed by atoms with Crippen molar-refractivity contribution < 1.29 is 53.2 Å². The summed E-state index contributed by atoms with van der Waals surface area (Å²) in [6.45, 7) is 2.17. The Balaban J connectivity index is 3.65. The third-order valence-corrected chi connectivity index (χ3v) is 8.96. The van der Waals surface area contributed by atoms with E-state index in [1.807, 2.05) is 22.6 Å². The van der Waals surface area contributed by atoms with Crippen LogP contribution in [0.2, 0.25) is 0 Å². The number of carbonyl (C=O) groups excluding carboxylic acids is 4. The maximum absolute atomic E-state index is 12.3. The molecule has 0 radical (unpaired) electrons. The predicted octanol–water partition coefficient (Wildman–Crippen LogP) is 4.28. The number of unbranched alkanes of at least 4 members (excludes halogenated alkanes) is 15. The molecule has 0 heterocycles. The number of alkyl halides is 1. The van der Waals surface area contributed by atoms with Gasteiger partial charge in [0.15, 0.2) is 0 Å². The minimum Gasteiger partial charge on any atom is -0.481 e. The molecule has 53 heavy (non-hydrogen) atoms. The Labute approximate surface area is 329 Å². The van der Waals surface area contributed by atoms with Gasteiger partial charge in [-0.2, -0.15) is 0 Å². The lowest BCUT2D eigenvalue weighted by Crippen LogP contribution is -2.41. The summed E-state index contributed by atoms with van der Waals surface area (Å²) in [6.07, 6.45) is 18.4. The third-order valence-electron chi connectivity index (χ3n) is 8.27. The summed E-state index contributed by atoms with van der Waals surface area (Å²) in [5.74, 6) is -2.87. The number of halogens is 1. The van der Waals surface area contributed by atoms with Crippen LogP contribution in [0.4, 0.5) is 0 Å². The lowest BCUT2D eigenvalue weighted by Gasteiger charge is -2.14. The molecule has 0 rings (SSSR count). The molecule has 6 N–H and O–H groups in total. The Bertz CT molecular complexity index is 990. The van der Waals surface area contributed by atoms with Gasteiger partial charge in [-0.1, -0.05) is 112 Å². The lowest BCUT2D eigenvalue weighted by molar-refractivity contribution is -0.142. The third kappa shape index (κ3) is 37.5. The quantitative estimate of drug-likeness (QED) is 0.0291. The minimum absolute atomic E-state index is 0.0110. The lowest BCUT2D eigenvalue weighted by atomic mass is 10.0. The number of carbonyl (C=O) groups is 6. The van der Waals surface area contributed by atoms with Gasteiger partial charge in [-0.05, 0) is 19.3 Å². The SMILES string of the molecule is O=C(O)CCCCCCCCCCCCCCCCCCC(=O)N[C@@H](CCC(=O)NCCOCCOCC(=O)NCCOCCNC(=O)CI)C(=O)O. The second-order valence-electron chi connectivity index (χ2n) is 13.0. The molecule has 0 aromatic carbocycles. The average Bonchev–Trinajstić information content (AvgIpc) is 3.12. The van der Waals surface area contributed by atoms with Crippen molar-refractivity contribution >= 4 is 58.2 Å². The van der Waals surface area contributed by atoms with Crippen molar-refractivity contribution in [2.75, 3.05) is 63.7 Å². The summed E-state index contributed by atoms with van der Waals surface area (Å²) in [6, 6.07) is -1.12. The predicted molar refractivity (Wildman–Crippen MR) is 210 cm³/mol. The van der Waals surface area contributed by atoms with Crippen LogP contribution in [-0.2, 0) is 43.0 Å². The number of hydrogen-bond donors (Lipinski definition) is 6. The van der Waals surface area contributed by atoms with E-state index in [4.69, 9.17) is 19.3 Å². The molecule has 0 bridgehead atoms. The fourth-order valence-electron chi connectivity index (χ4n) is 5.30. The highest BCUT2D eigenvalue weighted by atomic mass is 127. The summed E-state index contributed by atoms with van der Waals surface area (Å²) in [7, 11) is 0. The van der Waals surface area contributed by atoms with Gasteiger partial charge in [0.25, 0.3) is 0 Å². The smallest absolute Gasteiger partial charge is 0.326 e. The molecular formula is C37H67IN4O11. The van der Waals surface area contributed by atoms with E-state index >= 15 is 0 Å². The molecular weight excluding hydrogens is 803 g/mol. The first-order valence-corrected chi connectivity index (χ1v) is 21.0. The number of rotatable bonds is 39. The topological polar surface area (TPSA) is 219 Å². The second kappa shape index (κ2) is 37.7. The van der Waals surface area contributed by atoms with E-state index in [2.05, 4.69) is 21.3 Å². The van der Waals surface area contributed by atoms with Crippen LogP contribution in [0.15, 0.2) is 0 Å². The van der Waals surface area contributed by atoms with Crippen molar-refractivity contribution in [1.29, 1.82) is 0 Å². The molecule has 1 atom stereocenters. The zero-order valence-electron chi connectivity index (χ0n) is 31.7. The molecule has 4 amide bonds. The first-order chi connectivity index (χ1) is 25.6. The van der Waals surface area contributed by atoms with E-state index < -0.39 is 18.0 Å². The highest BCUT2D eigenvalue weighted by Gasteiger charge is 2.20. The van der Waals surface area contributed by atoms with Crippen LogP contribution in [0, 0.1) is 0 Å². The molecule has 0 saturated heterocycles. The highest BCUT2D eigenvalue weighted by molar-refractivity contribution is 14.1. The van der Waals surface area contributed by atoms with Gasteiger partial charge < -0.3 is 45.7 Å². The van der Waals surface area contributed by atoms with Crippen molar-refractivity contribution in [2.24, 2.45) is 0 Å². The van der Waals surface area contributed by atoms with E-state index in [0.29, 0.717) is 37.2 Å². The molecule has 0 aliphatic heterocycles. The second-order valence-corrected chi connectivity index (χ2v) is 13.8. The van der Waals surface area contributed by atoms with E-state index in [1.165, 1.54) is 57.8 Å². The molecule has 0 spiro atoms. The summed E-state index contributed by atoms with van der Waals surface area (Å²) < 4.78 is 16.3. The van der Waals surface area contributed by atoms with Crippen molar-refractivity contribution in [3.63, 3.8) is 0 Å². The number of ether oxygens (including phenoxy) is 3. The van der Waals surface area contributed by atoms with Gasteiger partial charge in [-0.25, -0.2) is 4.79 Å². The Kier molecular flexibility index (Phi) is 35.9. The number of nitrogens with one attached hydrogen (secondary N) is 4. The molecule has 0 unspecified atom stereocenters. The standard InChI is InChI=1S/C37H67IN4O11/c38-29-34(45)40-22-24-51-25-23-41-35(46)30-53-28-27-52-26-21-39-32(43)20-19-31(37(49)50)42-33(44)17-15-13-11-9-7-5-3-1-2-4-6-8-10-12-14-16-18-36(47)48/h31H,1-30H2,(H,39,43)(H,40,45)(H,41,46)(H,42,44)(H,47,48)(H,49,50)/t31-/m0/s1. The van der Waals surface area contributed by atoms with E-state index in [-0.39, 0.29) is 82.3 Å². The molecule has 0 aliphatic carbocycles. The molecule has 0 aliphatic rings. The van der Waals surface area contributed by atoms with Crippen molar-refractivity contribution in [3.05, 3.63) is 0 Å². The molecule has 16 heteroatoms. The molecule has 15 nitrogen and oxygen atoms in total. The summed E-state index contributed by atoms with van der Waals surface area (Å²) in [5.41, 5.74) is 0. The van der Waals surface area contributed by atoms with Gasteiger partial charge in [-0.3, -0.25) is 24.0 Å². The number of aliphatic carboxylic acids is 2. The summed E-state index contributed by atoms with van der Waals surface area (Å²) in [5, 5.41) is 28.7. The normalized spacial score (nSPS) is 11.5. The highest BCUT2D eigenvalue weighted by Crippen LogP contribution is 2.14. The maximum Gasteiger partial charge on any atom is 0.326 e. The van der Waals surface area contributed by atoms with Crippen LogP contribution in [0.5, 0.6) is 0 Å². The fourth-order valence-corrected chi connectivity index (χ4v) is 5.57. The van der Waals surface area contributed by atoms with Crippen molar-refractivity contribution in [2.45, 2.75) is 134 Å². The van der Waals surface area contributed by atoms with Gasteiger partial charge >= 0.3 is 11.9 Å². The molecule has 308 valence electrons. The van der Waals surface area contributed by atoms with Gasteiger partial charge in [-0.15, -0.1) is 0 Å². The Morgan fingerprint density at radius 1 is 0.472 bits per heavy atom. The summed E-state index contributed by atoms with van der Waals surface area (Å²) in [4.78, 5) is 69.4. The zero-order chi connectivity index (χ0) is 39.2. The van der Waals surface area contributed by atoms with Crippen LogP contribution in [0.25, 0.3) is 0 Å². The van der Waals surface area contributed by atoms with Crippen LogP contribution in [0.3, 0.4) is 0 Å². The van der Waals surface area contributed by atoms with Crippen LogP contribution in [0.1, 0.15) is 128 Å². The minimum atomic E-state index is -1.17. The van der Waals surface area contributed by atoms with Crippen LogP contribution >= 0.6 is 22.6 Å². The van der Waals surface area contributed by atoms with E-state index in [9.17, 15) is 33.9 Å². The van der Waals surface area contributed by atoms with E-state index in [0.717, 1.165) is 38.5 Å². The van der Waals surface area contributed by atoms with Gasteiger partial charge in [0.05, 0.1) is 37.5 Å². The van der Waals surface area contributed by atoms with E-state index in [1.54, 1.807) is 0 Å². The first kappa shape index (κ1) is 50.4. The van der Waals surface area contributed by atoms with Gasteiger partial charge in [0.1, 0.15) is 12.6 Å².